The van der Waals surface area contributed by atoms with Gasteiger partial charge in [0.15, 0.2) is 5.82 Å². The SMILES string of the molecule is CN1CCCC2CN(c3nccc(C#N)c3N)CCC21. The van der Waals surface area contributed by atoms with E-state index in [1.807, 2.05) is 0 Å². The standard InChI is InChI=1S/C15H21N5/c1-19-7-2-3-12-10-20(8-5-13(12)19)15-14(17)11(9-16)4-6-18-15/h4,6,12-13H,2-3,5,7-8,10,17H2,1H3. The number of nitrogen functional groups attached to an aromatic ring is 1. The summed E-state index contributed by atoms with van der Waals surface area (Å²) in [5.41, 5.74) is 7.13. The molecule has 0 aliphatic carbocycles. The number of nitrogens with zero attached hydrogens (tertiary/aromatic N) is 4. The highest BCUT2D eigenvalue weighted by atomic mass is 15.2. The van der Waals surface area contributed by atoms with Gasteiger partial charge in [-0.25, -0.2) is 4.98 Å². The largest absolute Gasteiger partial charge is 0.395 e. The van der Waals surface area contributed by atoms with Crippen molar-refractivity contribution in [2.24, 2.45) is 5.92 Å². The molecule has 5 nitrogen and oxygen atoms in total. The van der Waals surface area contributed by atoms with Crippen molar-refractivity contribution in [2.45, 2.75) is 25.3 Å². The molecule has 2 N–H and O–H groups in total. The van der Waals surface area contributed by atoms with Crippen LogP contribution in [0.1, 0.15) is 24.8 Å². The van der Waals surface area contributed by atoms with Crippen LogP contribution in [0.25, 0.3) is 0 Å². The van der Waals surface area contributed by atoms with Crippen molar-refractivity contribution in [3.05, 3.63) is 17.8 Å². The molecular weight excluding hydrogens is 250 g/mol. The second-order valence-corrected chi connectivity index (χ2v) is 5.89. The van der Waals surface area contributed by atoms with Gasteiger partial charge in [0.25, 0.3) is 0 Å². The Morgan fingerprint density at radius 1 is 1.40 bits per heavy atom. The van der Waals surface area contributed by atoms with E-state index in [2.05, 4.69) is 27.9 Å². The van der Waals surface area contributed by atoms with Crippen molar-refractivity contribution in [1.82, 2.24) is 9.88 Å². The van der Waals surface area contributed by atoms with Gasteiger partial charge in [-0.05, 0) is 44.8 Å². The van der Waals surface area contributed by atoms with Gasteiger partial charge in [-0.15, -0.1) is 0 Å². The van der Waals surface area contributed by atoms with Crippen LogP contribution in [-0.2, 0) is 0 Å². The van der Waals surface area contributed by atoms with E-state index in [9.17, 15) is 0 Å². The van der Waals surface area contributed by atoms with Crippen molar-refractivity contribution in [1.29, 1.82) is 5.26 Å². The van der Waals surface area contributed by atoms with Crippen LogP contribution >= 0.6 is 0 Å². The van der Waals surface area contributed by atoms with E-state index in [4.69, 9.17) is 11.0 Å². The van der Waals surface area contributed by atoms with Gasteiger partial charge in [-0.3, -0.25) is 0 Å². The molecule has 20 heavy (non-hydrogen) atoms. The Kier molecular flexibility index (Phi) is 3.49. The van der Waals surface area contributed by atoms with Gasteiger partial charge in [-0.1, -0.05) is 0 Å². The molecular formula is C15H21N5. The molecule has 0 radical (unpaired) electrons. The zero-order chi connectivity index (χ0) is 14.1. The number of nitriles is 1. The van der Waals surface area contributed by atoms with Crippen LogP contribution in [0.4, 0.5) is 11.5 Å². The van der Waals surface area contributed by atoms with Crippen molar-refractivity contribution < 1.29 is 0 Å². The average Bonchev–Trinajstić information content (AvgIpc) is 2.47. The van der Waals surface area contributed by atoms with Gasteiger partial charge in [0.1, 0.15) is 6.07 Å². The predicted octanol–water partition coefficient (Wildman–Crippen LogP) is 1.46. The highest BCUT2D eigenvalue weighted by Gasteiger charge is 2.35. The Labute approximate surface area is 120 Å². The van der Waals surface area contributed by atoms with E-state index in [0.717, 1.165) is 25.3 Å². The lowest BCUT2D eigenvalue weighted by atomic mass is 9.84. The fraction of sp³-hybridized carbons (Fsp3) is 0.600. The van der Waals surface area contributed by atoms with E-state index in [0.29, 0.717) is 23.2 Å². The Bertz CT molecular complexity index is 536. The van der Waals surface area contributed by atoms with Crippen molar-refractivity contribution in [3.63, 3.8) is 0 Å². The van der Waals surface area contributed by atoms with Gasteiger partial charge < -0.3 is 15.5 Å². The fourth-order valence-corrected chi connectivity index (χ4v) is 3.66. The maximum absolute atomic E-state index is 9.08. The summed E-state index contributed by atoms with van der Waals surface area (Å²) in [6, 6.07) is 4.51. The molecule has 5 heteroatoms. The average molecular weight is 271 g/mol. The van der Waals surface area contributed by atoms with Gasteiger partial charge in [0, 0.05) is 25.3 Å². The number of pyridine rings is 1. The van der Waals surface area contributed by atoms with Gasteiger partial charge in [-0.2, -0.15) is 5.26 Å². The third-order valence-corrected chi connectivity index (χ3v) is 4.73. The summed E-state index contributed by atoms with van der Waals surface area (Å²) in [5.74, 6) is 1.48. The van der Waals surface area contributed by atoms with E-state index in [1.54, 1.807) is 12.3 Å². The molecule has 3 heterocycles. The normalized spacial score (nSPS) is 26.9. The minimum atomic E-state index is 0.526. The molecule has 0 saturated carbocycles. The molecule has 2 fully saturated rings. The molecule has 2 unspecified atom stereocenters. The first-order valence-electron chi connectivity index (χ1n) is 7.30. The smallest absolute Gasteiger partial charge is 0.153 e. The zero-order valence-corrected chi connectivity index (χ0v) is 11.9. The molecule has 2 aliphatic heterocycles. The van der Waals surface area contributed by atoms with E-state index in [-0.39, 0.29) is 0 Å². The zero-order valence-electron chi connectivity index (χ0n) is 11.9. The maximum Gasteiger partial charge on any atom is 0.153 e. The summed E-state index contributed by atoms with van der Waals surface area (Å²) in [4.78, 5) is 9.16. The van der Waals surface area contributed by atoms with Crippen LogP contribution in [0.15, 0.2) is 12.3 Å². The number of nitrogens with two attached hydrogens (primary N) is 1. The second kappa shape index (κ2) is 5.29. The molecule has 106 valence electrons. The Hall–Kier alpha value is -1.80. The first-order valence-corrected chi connectivity index (χ1v) is 7.30. The molecule has 0 aromatic carbocycles. The van der Waals surface area contributed by atoms with Crippen LogP contribution in [0, 0.1) is 17.2 Å². The monoisotopic (exact) mass is 271 g/mol. The number of aromatic nitrogens is 1. The third kappa shape index (κ3) is 2.20. The van der Waals surface area contributed by atoms with Crippen LogP contribution < -0.4 is 10.6 Å². The van der Waals surface area contributed by atoms with Crippen LogP contribution in [-0.4, -0.2) is 42.6 Å². The number of hydrogen-bond acceptors (Lipinski definition) is 5. The lowest BCUT2D eigenvalue weighted by Gasteiger charge is -2.46. The predicted molar refractivity (Wildman–Crippen MR) is 79.3 cm³/mol. The summed E-state index contributed by atoms with van der Waals surface area (Å²) in [5, 5.41) is 9.08. The Morgan fingerprint density at radius 2 is 2.25 bits per heavy atom. The number of likely N-dealkylation sites (tertiary alicyclic amines) is 1. The summed E-state index contributed by atoms with van der Waals surface area (Å²) in [6.07, 6.45) is 5.39. The van der Waals surface area contributed by atoms with Crippen LogP contribution in [0.5, 0.6) is 0 Å². The number of rotatable bonds is 1. The lowest BCUT2D eigenvalue weighted by molar-refractivity contribution is 0.102. The topological polar surface area (TPSA) is 69.2 Å². The summed E-state index contributed by atoms with van der Waals surface area (Å²) in [7, 11) is 2.23. The number of piperidine rings is 2. The minimum absolute atomic E-state index is 0.526. The first kappa shape index (κ1) is 13.2. The fourth-order valence-electron chi connectivity index (χ4n) is 3.66. The van der Waals surface area contributed by atoms with E-state index < -0.39 is 0 Å². The minimum Gasteiger partial charge on any atom is -0.395 e. The quantitative estimate of drug-likeness (QED) is 0.837. The summed E-state index contributed by atoms with van der Waals surface area (Å²) >= 11 is 0. The van der Waals surface area contributed by atoms with Gasteiger partial charge >= 0.3 is 0 Å². The van der Waals surface area contributed by atoms with Crippen molar-refractivity contribution >= 4 is 11.5 Å². The molecule has 2 atom stereocenters. The maximum atomic E-state index is 9.08. The number of anilines is 2. The van der Waals surface area contributed by atoms with Crippen molar-refractivity contribution in [3.8, 4) is 6.07 Å². The Balaban J connectivity index is 1.82. The highest BCUT2D eigenvalue weighted by molar-refractivity contribution is 5.70. The van der Waals surface area contributed by atoms with Crippen molar-refractivity contribution in [2.75, 3.05) is 37.3 Å². The molecule has 0 amide bonds. The number of hydrogen-bond donors (Lipinski definition) is 1. The van der Waals surface area contributed by atoms with Crippen LogP contribution in [0.3, 0.4) is 0 Å². The van der Waals surface area contributed by atoms with Gasteiger partial charge in [0.05, 0.1) is 11.3 Å². The molecule has 0 spiro atoms. The molecule has 3 rings (SSSR count). The molecule has 2 saturated heterocycles. The van der Waals surface area contributed by atoms with Gasteiger partial charge in [0.2, 0.25) is 0 Å². The molecule has 2 aliphatic rings. The molecule has 1 aromatic rings. The molecule has 1 aromatic heterocycles. The second-order valence-electron chi connectivity index (χ2n) is 5.89. The van der Waals surface area contributed by atoms with Crippen LogP contribution in [0.2, 0.25) is 0 Å². The summed E-state index contributed by atoms with van der Waals surface area (Å²) in [6.45, 7) is 3.18. The van der Waals surface area contributed by atoms with E-state index in [1.165, 1.54) is 19.4 Å². The highest BCUT2D eigenvalue weighted by Crippen LogP contribution is 2.33. The molecule has 0 bridgehead atoms. The lowest BCUT2D eigenvalue weighted by Crippen LogP contribution is -2.53. The third-order valence-electron chi connectivity index (χ3n) is 4.73. The van der Waals surface area contributed by atoms with E-state index >= 15 is 0 Å². The summed E-state index contributed by atoms with van der Waals surface area (Å²) < 4.78 is 0. The Morgan fingerprint density at radius 3 is 3.05 bits per heavy atom. The first-order chi connectivity index (χ1) is 9.70. The number of fused-ring (bicyclic) bond motifs is 1.